The van der Waals surface area contributed by atoms with E-state index in [-0.39, 0.29) is 0 Å². The number of piperidine rings is 1. The Labute approximate surface area is 123 Å². The second-order valence-electron chi connectivity index (χ2n) is 5.90. The molecule has 4 nitrogen and oxygen atoms in total. The highest BCUT2D eigenvalue weighted by Crippen LogP contribution is 2.25. The van der Waals surface area contributed by atoms with Crippen molar-refractivity contribution in [1.82, 2.24) is 14.9 Å². The Balaban J connectivity index is 1.97. The topological polar surface area (TPSA) is 33.1 Å². The number of nitrogens with zero attached hydrogens (tertiary/aromatic N) is 3. The van der Waals surface area contributed by atoms with Crippen LogP contribution >= 0.6 is 0 Å². The lowest BCUT2D eigenvalue weighted by atomic mass is 9.94. The van der Waals surface area contributed by atoms with Crippen LogP contribution in [0.2, 0.25) is 0 Å². The van der Waals surface area contributed by atoms with Gasteiger partial charge in [0.15, 0.2) is 0 Å². The monoisotopic (exact) mass is 278 g/mol. The van der Waals surface area contributed by atoms with Gasteiger partial charge in [-0.1, -0.05) is 13.8 Å². The molecular formula is C16H30N4. The molecule has 0 bridgehead atoms. The van der Waals surface area contributed by atoms with Crippen molar-refractivity contribution in [2.45, 2.75) is 52.5 Å². The highest BCUT2D eigenvalue weighted by molar-refractivity contribution is 5.34. The first-order valence-corrected chi connectivity index (χ1v) is 8.24. The Bertz CT molecular complexity index is 391. The normalized spacial score (nSPS) is 16.9. The van der Waals surface area contributed by atoms with Crippen LogP contribution in [0.4, 0.5) is 5.95 Å². The lowest BCUT2D eigenvalue weighted by molar-refractivity contribution is 0.373. The van der Waals surface area contributed by atoms with Gasteiger partial charge in [0.25, 0.3) is 0 Å². The Morgan fingerprint density at radius 2 is 2.05 bits per heavy atom. The summed E-state index contributed by atoms with van der Waals surface area (Å²) in [6.07, 6.45) is 8.37. The van der Waals surface area contributed by atoms with E-state index in [1.165, 1.54) is 37.3 Å². The van der Waals surface area contributed by atoms with Crippen LogP contribution in [0.15, 0.2) is 6.20 Å². The van der Waals surface area contributed by atoms with Gasteiger partial charge in [-0.2, -0.15) is 0 Å². The Hall–Kier alpha value is -1.03. The van der Waals surface area contributed by atoms with Crippen molar-refractivity contribution in [3.8, 4) is 0 Å². The zero-order chi connectivity index (χ0) is 14.4. The minimum Gasteiger partial charge on any atom is -0.342 e. The zero-order valence-electron chi connectivity index (χ0n) is 13.4. The van der Waals surface area contributed by atoms with Gasteiger partial charge in [0.05, 0.1) is 5.69 Å². The molecule has 1 N–H and O–H groups in total. The van der Waals surface area contributed by atoms with Crippen molar-refractivity contribution in [2.24, 2.45) is 5.92 Å². The molecule has 0 spiro atoms. The molecule has 0 aliphatic carbocycles. The summed E-state index contributed by atoms with van der Waals surface area (Å²) in [7, 11) is 2.04. The fourth-order valence-corrected chi connectivity index (χ4v) is 3.06. The maximum atomic E-state index is 4.83. The molecule has 1 saturated heterocycles. The number of hydrogen-bond donors (Lipinski definition) is 1. The van der Waals surface area contributed by atoms with Crippen LogP contribution < -0.4 is 10.2 Å². The smallest absolute Gasteiger partial charge is 0.205 e. The second kappa shape index (κ2) is 7.67. The van der Waals surface area contributed by atoms with Gasteiger partial charge in [0.1, 0.15) is 0 Å². The Morgan fingerprint density at radius 1 is 1.30 bits per heavy atom. The average molecular weight is 278 g/mol. The lowest BCUT2D eigenvalue weighted by Crippen LogP contribution is -2.36. The highest BCUT2D eigenvalue weighted by Gasteiger charge is 2.22. The maximum Gasteiger partial charge on any atom is 0.205 e. The molecule has 1 aromatic rings. The first-order valence-electron chi connectivity index (χ1n) is 8.24. The summed E-state index contributed by atoms with van der Waals surface area (Å²) < 4.78 is 2.35. The van der Waals surface area contributed by atoms with Crippen molar-refractivity contribution >= 4 is 5.95 Å². The third-order valence-corrected chi connectivity index (χ3v) is 4.33. The van der Waals surface area contributed by atoms with Crippen molar-refractivity contribution in [3.05, 3.63) is 11.9 Å². The summed E-state index contributed by atoms with van der Waals surface area (Å²) in [5.41, 5.74) is 1.23. The van der Waals surface area contributed by atoms with Crippen molar-refractivity contribution in [2.75, 3.05) is 31.6 Å². The molecule has 0 radical (unpaired) electrons. The Morgan fingerprint density at radius 3 is 2.65 bits per heavy atom. The maximum absolute atomic E-state index is 4.83. The number of imidazole rings is 1. The van der Waals surface area contributed by atoms with Crippen molar-refractivity contribution in [3.63, 3.8) is 0 Å². The summed E-state index contributed by atoms with van der Waals surface area (Å²) in [6, 6.07) is 0. The minimum atomic E-state index is 0.888. The molecule has 4 heteroatoms. The largest absolute Gasteiger partial charge is 0.342 e. The van der Waals surface area contributed by atoms with E-state index in [9.17, 15) is 0 Å². The number of aromatic nitrogens is 2. The molecule has 1 aromatic heterocycles. The number of nitrogens with one attached hydrogen (secondary N) is 1. The van der Waals surface area contributed by atoms with Gasteiger partial charge in [-0.05, 0) is 51.6 Å². The molecule has 0 unspecified atom stereocenters. The van der Waals surface area contributed by atoms with E-state index < -0.39 is 0 Å². The van der Waals surface area contributed by atoms with Crippen LogP contribution in [0.5, 0.6) is 0 Å². The molecule has 1 aliphatic rings. The standard InChI is InChI=1S/C16H30N4/c1-4-10-20-13-15(5-2)18-16(20)19-11-7-14(8-12-19)6-9-17-3/h13-14,17H,4-12H2,1-3H3. The third kappa shape index (κ3) is 3.75. The van der Waals surface area contributed by atoms with Gasteiger partial charge in [-0.15, -0.1) is 0 Å². The SMILES string of the molecule is CCCn1cc(CC)nc1N1CCC(CCNC)CC1. The van der Waals surface area contributed by atoms with Gasteiger partial charge in [0.2, 0.25) is 5.95 Å². The van der Waals surface area contributed by atoms with E-state index in [0.29, 0.717) is 0 Å². The first kappa shape index (κ1) is 15.4. The molecule has 1 fully saturated rings. The van der Waals surface area contributed by atoms with Gasteiger partial charge in [-0.3, -0.25) is 0 Å². The molecular weight excluding hydrogens is 248 g/mol. The van der Waals surface area contributed by atoms with Gasteiger partial charge in [-0.25, -0.2) is 4.98 Å². The zero-order valence-corrected chi connectivity index (χ0v) is 13.4. The van der Waals surface area contributed by atoms with Crippen LogP contribution in [-0.4, -0.2) is 36.2 Å². The van der Waals surface area contributed by atoms with Crippen LogP contribution in [0, 0.1) is 5.92 Å². The number of rotatable bonds is 7. The summed E-state index contributed by atoms with van der Waals surface area (Å²) in [5, 5.41) is 3.26. The van der Waals surface area contributed by atoms with Gasteiger partial charge >= 0.3 is 0 Å². The summed E-state index contributed by atoms with van der Waals surface area (Å²) in [6.45, 7) is 8.99. The third-order valence-electron chi connectivity index (χ3n) is 4.33. The number of hydrogen-bond acceptors (Lipinski definition) is 3. The molecule has 0 amide bonds. The van der Waals surface area contributed by atoms with E-state index in [4.69, 9.17) is 4.98 Å². The number of aryl methyl sites for hydroxylation is 2. The molecule has 1 aliphatic heterocycles. The van der Waals surface area contributed by atoms with Crippen LogP contribution in [0.3, 0.4) is 0 Å². The minimum absolute atomic E-state index is 0.888. The molecule has 0 saturated carbocycles. The van der Waals surface area contributed by atoms with Crippen molar-refractivity contribution < 1.29 is 0 Å². The summed E-state index contributed by atoms with van der Waals surface area (Å²) >= 11 is 0. The van der Waals surface area contributed by atoms with E-state index in [2.05, 4.69) is 34.8 Å². The highest BCUT2D eigenvalue weighted by atomic mass is 15.3. The number of anilines is 1. The predicted molar refractivity (Wildman–Crippen MR) is 85.4 cm³/mol. The van der Waals surface area contributed by atoms with E-state index in [1.54, 1.807) is 0 Å². The Kier molecular flexibility index (Phi) is 5.89. The quantitative estimate of drug-likeness (QED) is 0.832. The molecule has 114 valence electrons. The summed E-state index contributed by atoms with van der Waals surface area (Å²) in [4.78, 5) is 7.33. The van der Waals surface area contributed by atoms with E-state index in [1.807, 2.05) is 7.05 Å². The van der Waals surface area contributed by atoms with Gasteiger partial charge in [0, 0.05) is 25.8 Å². The molecule has 0 atom stereocenters. The fourth-order valence-electron chi connectivity index (χ4n) is 3.06. The van der Waals surface area contributed by atoms with Crippen molar-refractivity contribution in [1.29, 1.82) is 0 Å². The predicted octanol–water partition coefficient (Wildman–Crippen LogP) is 2.68. The fraction of sp³-hybridized carbons (Fsp3) is 0.812. The lowest BCUT2D eigenvalue weighted by Gasteiger charge is -2.33. The van der Waals surface area contributed by atoms with E-state index >= 15 is 0 Å². The average Bonchev–Trinajstić information content (AvgIpc) is 2.89. The van der Waals surface area contributed by atoms with Crippen LogP contribution in [0.1, 0.15) is 45.2 Å². The molecule has 0 aromatic carbocycles. The molecule has 2 rings (SSSR count). The van der Waals surface area contributed by atoms with Gasteiger partial charge < -0.3 is 14.8 Å². The molecule has 2 heterocycles. The van der Waals surface area contributed by atoms with E-state index in [0.717, 1.165) is 38.5 Å². The second-order valence-corrected chi connectivity index (χ2v) is 5.90. The summed E-state index contributed by atoms with van der Waals surface area (Å²) in [5.74, 6) is 2.09. The van der Waals surface area contributed by atoms with Crippen LogP contribution in [-0.2, 0) is 13.0 Å². The van der Waals surface area contributed by atoms with Crippen LogP contribution in [0.25, 0.3) is 0 Å². The molecule has 20 heavy (non-hydrogen) atoms. The first-order chi connectivity index (χ1) is 9.78.